The molecule has 31 nitrogen and oxygen atoms in total. The van der Waals surface area contributed by atoms with E-state index >= 15 is 0 Å². The van der Waals surface area contributed by atoms with Crippen LogP contribution in [0.1, 0.15) is 119 Å². The number of rotatable bonds is 17. The number of carbonyl (C=O) groups excluding carboxylic acids is 10. The lowest BCUT2D eigenvalue weighted by Gasteiger charge is -2.28. The Balaban J connectivity index is 3.76. The van der Waals surface area contributed by atoms with Gasteiger partial charge in [-0.1, -0.05) is 27.7 Å². The van der Waals surface area contributed by atoms with Crippen molar-refractivity contribution in [1.29, 1.82) is 0 Å². The topological polar surface area (TPSA) is 515 Å². The summed E-state index contributed by atoms with van der Waals surface area (Å²) in [6.45, 7) is 9.21. The third kappa shape index (κ3) is 28.3. The number of nitrogens with two attached hydrogens (primary N) is 4. The molecule has 9 atom stereocenters. The van der Waals surface area contributed by atoms with Crippen molar-refractivity contribution in [2.24, 2.45) is 44.8 Å². The van der Waals surface area contributed by atoms with Gasteiger partial charge in [-0.05, 0) is 77.0 Å². The van der Waals surface area contributed by atoms with Crippen LogP contribution in [-0.4, -0.2) is 179 Å². The minimum absolute atomic E-state index is 0.0121. The fourth-order valence-electron chi connectivity index (χ4n) is 7.55. The standard InChI is InChI=1S/C47H82N16O15/c1-23(2)19-29-42(75)58-27(11-7-17-54-46(48)49)39(72)53-16-9-13-33(65)52-15-10-14-34(66)57-28(12-8-18-55-47(50)51)40(73)63-37(26(6)64)45(78)62-32(22-36(69)70)44(77)60-30(20-24(3)4)43(76)61-31(21-35(67)68)41(74)56-25(5)38(71)59-29/h23-32,37,64H,7-22H2,1-6H3,(H,52,65)(H,53,72)(H,56,74)(H,57,66)(H,58,75)(H,59,71)(H,60,77)(H,61,76)(H,62,78)(H,63,73)(H,67,68)(H,69,70)(H4,48,49,54)(H4,50,51,55)/t25-,26+,27-,28-,29-,30-,31-,32-,37-/m0/s1. The highest BCUT2D eigenvalue weighted by atomic mass is 16.4. The van der Waals surface area contributed by atoms with Gasteiger partial charge in [0.2, 0.25) is 59.1 Å². The number of aliphatic imine (C=N–C) groups is 2. The molecule has 440 valence electrons. The molecule has 0 aromatic rings. The molecule has 31 heteroatoms. The lowest BCUT2D eigenvalue weighted by atomic mass is 10.0. The Morgan fingerprint density at radius 1 is 0.500 bits per heavy atom. The van der Waals surface area contributed by atoms with Crippen LogP contribution >= 0.6 is 0 Å². The zero-order valence-electron chi connectivity index (χ0n) is 45.1. The summed E-state index contributed by atoms with van der Waals surface area (Å²) in [7, 11) is 0. The summed E-state index contributed by atoms with van der Waals surface area (Å²) in [6.07, 6.45) is -3.76. The number of hydrogen-bond donors (Lipinski definition) is 17. The van der Waals surface area contributed by atoms with E-state index in [-0.39, 0.29) is 108 Å². The average Bonchev–Trinajstić information content (AvgIpc) is 3.32. The lowest BCUT2D eigenvalue weighted by molar-refractivity contribution is -0.142. The summed E-state index contributed by atoms with van der Waals surface area (Å²) in [5.74, 6) is -13.5. The highest BCUT2D eigenvalue weighted by Gasteiger charge is 2.37. The van der Waals surface area contributed by atoms with Gasteiger partial charge in [0.05, 0.1) is 18.9 Å². The number of nitrogens with zero attached hydrogens (tertiary/aromatic N) is 2. The Hall–Kier alpha value is -7.86. The fourth-order valence-corrected chi connectivity index (χ4v) is 7.55. The summed E-state index contributed by atoms with van der Waals surface area (Å²) >= 11 is 0. The third-order valence-corrected chi connectivity index (χ3v) is 11.5. The predicted molar refractivity (Wildman–Crippen MR) is 281 cm³/mol. The summed E-state index contributed by atoms with van der Waals surface area (Å²) in [6, 6.07) is -12.7. The molecule has 0 saturated carbocycles. The number of guanidine groups is 2. The van der Waals surface area contributed by atoms with Crippen molar-refractivity contribution >= 4 is 82.9 Å². The number of carboxylic acids is 2. The van der Waals surface area contributed by atoms with Crippen LogP contribution in [0.15, 0.2) is 9.98 Å². The van der Waals surface area contributed by atoms with E-state index < -0.39 is 144 Å². The van der Waals surface area contributed by atoms with Crippen molar-refractivity contribution in [3.8, 4) is 0 Å². The molecule has 78 heavy (non-hydrogen) atoms. The maximum Gasteiger partial charge on any atom is 0.305 e. The summed E-state index contributed by atoms with van der Waals surface area (Å²) < 4.78 is 0. The highest BCUT2D eigenvalue weighted by molar-refractivity contribution is 5.99. The fraction of sp³-hybridized carbons (Fsp3) is 0.702. The van der Waals surface area contributed by atoms with Crippen molar-refractivity contribution in [2.45, 2.75) is 173 Å². The van der Waals surface area contributed by atoms with E-state index in [0.717, 1.165) is 6.92 Å². The van der Waals surface area contributed by atoms with Gasteiger partial charge < -0.3 is 91.4 Å². The van der Waals surface area contributed by atoms with Gasteiger partial charge in [-0.15, -0.1) is 0 Å². The first-order valence-electron chi connectivity index (χ1n) is 25.7. The predicted octanol–water partition coefficient (Wildman–Crippen LogP) is -5.78. The van der Waals surface area contributed by atoms with Crippen molar-refractivity contribution in [3.63, 3.8) is 0 Å². The van der Waals surface area contributed by atoms with Crippen LogP contribution in [0, 0.1) is 11.8 Å². The molecule has 21 N–H and O–H groups in total. The van der Waals surface area contributed by atoms with Gasteiger partial charge in [0.1, 0.15) is 48.3 Å². The molecule has 10 amide bonds. The van der Waals surface area contributed by atoms with Crippen LogP contribution in [0.4, 0.5) is 0 Å². The first-order valence-corrected chi connectivity index (χ1v) is 25.7. The largest absolute Gasteiger partial charge is 0.481 e. The zero-order chi connectivity index (χ0) is 59.2. The molecule has 0 bridgehead atoms. The molecule has 1 heterocycles. The van der Waals surface area contributed by atoms with Gasteiger partial charge in [0.15, 0.2) is 11.9 Å². The van der Waals surface area contributed by atoms with Gasteiger partial charge in [-0.25, -0.2) is 0 Å². The van der Waals surface area contributed by atoms with E-state index in [0.29, 0.717) is 0 Å². The number of aliphatic hydroxyl groups excluding tert-OH is 1. The third-order valence-electron chi connectivity index (χ3n) is 11.5. The molecule has 0 radical (unpaired) electrons. The van der Waals surface area contributed by atoms with Crippen LogP contribution in [0.2, 0.25) is 0 Å². The summed E-state index contributed by atoms with van der Waals surface area (Å²) in [4.78, 5) is 167. The average molecular weight is 1110 g/mol. The number of carboxylic acid groups (broad SMARTS) is 2. The number of nitrogens with one attached hydrogen (secondary N) is 10. The van der Waals surface area contributed by atoms with Crippen molar-refractivity contribution in [3.05, 3.63) is 0 Å². The molecule has 1 aliphatic heterocycles. The van der Waals surface area contributed by atoms with E-state index in [1.54, 1.807) is 27.7 Å². The Morgan fingerprint density at radius 2 is 0.885 bits per heavy atom. The first kappa shape index (κ1) is 68.2. The minimum Gasteiger partial charge on any atom is -0.481 e. The minimum atomic E-state index is -1.98. The molecule has 1 saturated heterocycles. The Kier molecular flexibility index (Phi) is 31.0. The summed E-state index contributed by atoms with van der Waals surface area (Å²) in [5.41, 5.74) is 21.7. The van der Waals surface area contributed by atoms with Crippen molar-refractivity contribution in [1.82, 2.24) is 53.2 Å². The highest BCUT2D eigenvalue weighted by Crippen LogP contribution is 2.11. The van der Waals surface area contributed by atoms with E-state index in [4.69, 9.17) is 22.9 Å². The molecule has 0 aromatic carbocycles. The normalized spacial score (nSPS) is 24.4. The maximum atomic E-state index is 13.9. The second-order valence-electron chi connectivity index (χ2n) is 19.6. The second kappa shape index (κ2) is 35.5. The molecule has 1 fully saturated rings. The SMILES string of the molecule is CC(C)C[C@@H]1NC(=O)[C@H](C)NC(=O)[C@H](CC(=O)O)NC(=O)[C@H](CC(C)C)NC(=O)[C@H](CC(=O)O)NC(=O)[C@H]([C@@H](C)O)NC(=O)[C@H](CCCN=C(N)N)NC(=O)CCCNC(=O)CCCNC(=O)[C@H](CCCN=C(N)N)NC1=O. The van der Waals surface area contributed by atoms with E-state index in [1.807, 2.05) is 0 Å². The molecule has 1 rings (SSSR count). The Bertz CT molecular complexity index is 2150. The van der Waals surface area contributed by atoms with E-state index in [9.17, 15) is 72.9 Å². The second-order valence-corrected chi connectivity index (χ2v) is 19.6. The monoisotopic (exact) mass is 1110 g/mol. The van der Waals surface area contributed by atoms with Gasteiger partial charge in [0, 0.05) is 39.0 Å². The number of aliphatic carboxylic acids is 2. The maximum absolute atomic E-state index is 13.9. The van der Waals surface area contributed by atoms with Gasteiger partial charge >= 0.3 is 11.9 Å². The van der Waals surface area contributed by atoms with Crippen molar-refractivity contribution in [2.75, 3.05) is 26.2 Å². The van der Waals surface area contributed by atoms with Gasteiger partial charge in [0.25, 0.3) is 0 Å². The van der Waals surface area contributed by atoms with Gasteiger partial charge in [-0.3, -0.25) is 67.5 Å². The molecule has 0 spiro atoms. The van der Waals surface area contributed by atoms with E-state index in [1.165, 1.54) is 6.92 Å². The molecule has 0 unspecified atom stereocenters. The first-order chi connectivity index (χ1) is 36.5. The Labute approximate surface area is 451 Å². The molecule has 0 aliphatic carbocycles. The lowest BCUT2D eigenvalue weighted by Crippen LogP contribution is -2.61. The summed E-state index contributed by atoms with van der Waals surface area (Å²) in [5, 5.41) is 54.6. The van der Waals surface area contributed by atoms with Crippen LogP contribution in [0.3, 0.4) is 0 Å². The van der Waals surface area contributed by atoms with Crippen LogP contribution in [0.25, 0.3) is 0 Å². The molecule has 1 aliphatic rings. The smallest absolute Gasteiger partial charge is 0.305 e. The zero-order valence-corrected chi connectivity index (χ0v) is 45.1. The molecular weight excluding hydrogens is 1030 g/mol. The van der Waals surface area contributed by atoms with E-state index in [2.05, 4.69) is 63.2 Å². The van der Waals surface area contributed by atoms with Gasteiger partial charge in [-0.2, -0.15) is 0 Å². The number of amides is 10. The molecule has 0 aromatic heterocycles. The number of aliphatic hydroxyl groups is 1. The quantitative estimate of drug-likeness (QED) is 0.0366. The van der Waals surface area contributed by atoms with Crippen molar-refractivity contribution < 1.29 is 72.9 Å². The Morgan fingerprint density at radius 3 is 1.35 bits per heavy atom. The number of carbonyl (C=O) groups is 12. The van der Waals surface area contributed by atoms with Crippen LogP contribution in [-0.2, 0) is 57.5 Å². The molecular formula is C47H82N16O15. The van der Waals surface area contributed by atoms with Crippen LogP contribution in [0.5, 0.6) is 0 Å². The number of hydrogen-bond acceptors (Lipinski definition) is 15. The van der Waals surface area contributed by atoms with Crippen LogP contribution < -0.4 is 76.1 Å².